The monoisotopic (exact) mass is 482 g/mol. The molecule has 0 bridgehead atoms. The summed E-state index contributed by atoms with van der Waals surface area (Å²) in [7, 11) is 3.27. The van der Waals surface area contributed by atoms with Gasteiger partial charge < -0.3 is 28.4 Å². The predicted octanol–water partition coefficient (Wildman–Crippen LogP) is 3.70. The molecular weight excluding hydrogens is 440 g/mol. The summed E-state index contributed by atoms with van der Waals surface area (Å²) >= 11 is 0. The van der Waals surface area contributed by atoms with Crippen LogP contribution in [0.3, 0.4) is 0 Å². The van der Waals surface area contributed by atoms with E-state index in [2.05, 4.69) is 0 Å². The molecule has 0 aromatic heterocycles. The average molecular weight is 483 g/mol. The average Bonchev–Trinajstić information content (AvgIpc) is 2.79. The predicted molar refractivity (Wildman–Crippen MR) is 122 cm³/mol. The van der Waals surface area contributed by atoms with Crippen LogP contribution in [0.4, 0.5) is 0 Å². The van der Waals surface area contributed by atoms with Gasteiger partial charge in [-0.05, 0) is 87.9 Å². The van der Waals surface area contributed by atoms with Crippen LogP contribution in [-0.4, -0.2) is 63.2 Å². The molecule has 3 aliphatic carbocycles. The Kier molecular flexibility index (Phi) is 7.63. The molecule has 10 atom stereocenters. The molecular formula is C26H42O8. The summed E-state index contributed by atoms with van der Waals surface area (Å²) in [6.45, 7) is 7.49. The first-order chi connectivity index (χ1) is 16.1. The highest BCUT2D eigenvalue weighted by Crippen LogP contribution is 2.55. The zero-order valence-electron chi connectivity index (χ0n) is 21.5. The van der Waals surface area contributed by atoms with Gasteiger partial charge in [-0.1, -0.05) is 0 Å². The summed E-state index contributed by atoms with van der Waals surface area (Å²) in [5.74, 6) is 0.370. The Morgan fingerprint density at radius 1 is 0.676 bits per heavy atom. The third kappa shape index (κ3) is 5.01. The van der Waals surface area contributed by atoms with Gasteiger partial charge in [0.25, 0.3) is 0 Å². The summed E-state index contributed by atoms with van der Waals surface area (Å²) in [6, 6.07) is 0. The molecule has 194 valence electrons. The fraction of sp³-hybridized carbons (Fsp3) is 0.923. The van der Waals surface area contributed by atoms with Crippen molar-refractivity contribution in [1.82, 2.24) is 0 Å². The van der Waals surface area contributed by atoms with E-state index >= 15 is 0 Å². The molecule has 34 heavy (non-hydrogen) atoms. The highest BCUT2D eigenvalue weighted by molar-refractivity contribution is 5.66. The molecule has 1 aliphatic heterocycles. The van der Waals surface area contributed by atoms with Gasteiger partial charge in [-0.3, -0.25) is 9.59 Å². The molecule has 1 heterocycles. The second kappa shape index (κ2) is 10.0. The van der Waals surface area contributed by atoms with E-state index in [-0.39, 0.29) is 36.0 Å². The molecule has 0 radical (unpaired) electrons. The molecule has 4 fully saturated rings. The van der Waals surface area contributed by atoms with Crippen molar-refractivity contribution in [2.45, 2.75) is 90.0 Å². The van der Waals surface area contributed by atoms with Crippen LogP contribution in [0.2, 0.25) is 0 Å². The summed E-state index contributed by atoms with van der Waals surface area (Å²) < 4.78 is 35.2. The maximum Gasteiger partial charge on any atom is 0.302 e. The van der Waals surface area contributed by atoms with Crippen LogP contribution in [0, 0.1) is 35.5 Å². The summed E-state index contributed by atoms with van der Waals surface area (Å²) in [4.78, 5) is 22.9. The van der Waals surface area contributed by atoms with Gasteiger partial charge in [0.05, 0.1) is 25.4 Å². The quantitative estimate of drug-likeness (QED) is 0.530. The molecule has 0 aromatic rings. The first-order valence-corrected chi connectivity index (χ1v) is 12.8. The minimum Gasteiger partial charge on any atom is -0.466 e. The Bertz CT molecular complexity index is 695. The fourth-order valence-electron chi connectivity index (χ4n) is 7.13. The van der Waals surface area contributed by atoms with Crippen molar-refractivity contribution < 1.29 is 38.0 Å². The number of hydrogen-bond donors (Lipinski definition) is 0. The van der Waals surface area contributed by atoms with E-state index < -0.39 is 11.6 Å². The van der Waals surface area contributed by atoms with Crippen LogP contribution in [0.15, 0.2) is 0 Å². The van der Waals surface area contributed by atoms with Gasteiger partial charge >= 0.3 is 11.9 Å². The molecule has 2 unspecified atom stereocenters. The van der Waals surface area contributed by atoms with Gasteiger partial charge in [0, 0.05) is 28.1 Å². The van der Waals surface area contributed by atoms with Crippen molar-refractivity contribution in [3.63, 3.8) is 0 Å². The fourth-order valence-corrected chi connectivity index (χ4v) is 7.13. The van der Waals surface area contributed by atoms with E-state index in [0.29, 0.717) is 36.9 Å². The first-order valence-electron chi connectivity index (χ1n) is 12.8. The standard InChI is InChI=1S/C26H42O8/c1-15(27)31-13-21-9-17-7-19-11-23-24(34-26(4,30-6)25(3,29-5)33-23)12-20(19)8-18(17)10-22(21)14-32-16(2)28/h17-24H,7-14H2,1-6H3/t17-,18+,19-,20+,21-,22-,23+,24+,25?,26?/m1/s1. The molecule has 8 nitrogen and oxygen atoms in total. The van der Waals surface area contributed by atoms with Crippen molar-refractivity contribution in [2.24, 2.45) is 35.5 Å². The van der Waals surface area contributed by atoms with Gasteiger partial charge in [-0.2, -0.15) is 0 Å². The lowest BCUT2D eigenvalue weighted by molar-refractivity contribution is -0.454. The van der Waals surface area contributed by atoms with E-state index in [4.69, 9.17) is 28.4 Å². The molecule has 0 amide bonds. The van der Waals surface area contributed by atoms with E-state index in [1.165, 1.54) is 13.8 Å². The lowest BCUT2D eigenvalue weighted by Gasteiger charge is -2.57. The maximum atomic E-state index is 11.5. The SMILES string of the molecule is COC1(C)O[C@H]2C[C@H]3C[C@@H]4C[C@H](COC(C)=O)[C@@H](COC(C)=O)C[C@@H]4C[C@H]3C[C@@H]2OC1(C)OC. The Labute approximate surface area is 203 Å². The van der Waals surface area contributed by atoms with E-state index in [9.17, 15) is 9.59 Å². The molecule has 4 rings (SSSR count). The number of methoxy groups -OCH3 is 2. The second-order valence-electron chi connectivity index (χ2n) is 11.2. The number of esters is 2. The Hall–Kier alpha value is -1.22. The molecule has 0 N–H and O–H groups in total. The second-order valence-corrected chi connectivity index (χ2v) is 11.2. The lowest BCUT2D eigenvalue weighted by Crippen LogP contribution is -2.66. The van der Waals surface area contributed by atoms with Crippen molar-refractivity contribution in [3.8, 4) is 0 Å². The van der Waals surface area contributed by atoms with Crippen molar-refractivity contribution in [1.29, 1.82) is 0 Å². The van der Waals surface area contributed by atoms with E-state index in [1.807, 2.05) is 13.8 Å². The number of rotatable bonds is 6. The summed E-state index contributed by atoms with van der Waals surface area (Å²) in [5, 5.41) is 0. The molecule has 0 aromatic carbocycles. The van der Waals surface area contributed by atoms with Crippen LogP contribution in [0.5, 0.6) is 0 Å². The van der Waals surface area contributed by atoms with Crippen LogP contribution < -0.4 is 0 Å². The van der Waals surface area contributed by atoms with E-state index in [1.54, 1.807) is 14.2 Å². The van der Waals surface area contributed by atoms with Gasteiger partial charge in [0.1, 0.15) is 0 Å². The van der Waals surface area contributed by atoms with Crippen LogP contribution in [0.1, 0.15) is 66.2 Å². The molecule has 3 saturated carbocycles. The molecule has 0 spiro atoms. The Morgan fingerprint density at radius 2 is 1.03 bits per heavy atom. The van der Waals surface area contributed by atoms with Gasteiger partial charge in [-0.15, -0.1) is 0 Å². The highest BCUT2D eigenvalue weighted by atomic mass is 16.8. The normalized spacial score (nSPS) is 45.9. The van der Waals surface area contributed by atoms with Crippen LogP contribution in [-0.2, 0) is 38.0 Å². The third-order valence-corrected chi connectivity index (χ3v) is 9.26. The summed E-state index contributed by atoms with van der Waals surface area (Å²) in [6.07, 6.45) is 6.23. The minimum absolute atomic E-state index is 0.0110. The van der Waals surface area contributed by atoms with Crippen molar-refractivity contribution in [3.05, 3.63) is 0 Å². The molecule has 8 heteroatoms. The number of fused-ring (bicyclic) bond motifs is 3. The van der Waals surface area contributed by atoms with Crippen molar-refractivity contribution in [2.75, 3.05) is 27.4 Å². The van der Waals surface area contributed by atoms with Crippen LogP contribution >= 0.6 is 0 Å². The number of carbonyl (C=O) groups excluding carboxylic acids is 2. The van der Waals surface area contributed by atoms with Gasteiger partial charge in [0.15, 0.2) is 0 Å². The minimum atomic E-state index is -0.961. The van der Waals surface area contributed by atoms with Gasteiger partial charge in [-0.25, -0.2) is 0 Å². The largest absolute Gasteiger partial charge is 0.466 e. The molecule has 4 aliphatic rings. The summed E-state index contributed by atoms with van der Waals surface area (Å²) in [5.41, 5.74) is 0. The number of ether oxygens (including phenoxy) is 6. The number of carbonyl (C=O) groups is 2. The zero-order chi connectivity index (χ0) is 24.7. The van der Waals surface area contributed by atoms with Crippen molar-refractivity contribution >= 4 is 11.9 Å². The Morgan fingerprint density at radius 3 is 1.35 bits per heavy atom. The maximum absolute atomic E-state index is 11.5. The third-order valence-electron chi connectivity index (χ3n) is 9.26. The topological polar surface area (TPSA) is 89.5 Å². The smallest absolute Gasteiger partial charge is 0.302 e. The number of hydrogen-bond acceptors (Lipinski definition) is 8. The van der Waals surface area contributed by atoms with E-state index in [0.717, 1.165) is 38.5 Å². The van der Waals surface area contributed by atoms with Gasteiger partial charge in [0.2, 0.25) is 11.6 Å². The zero-order valence-corrected chi connectivity index (χ0v) is 21.5. The first kappa shape index (κ1) is 25.9. The molecule has 1 saturated heterocycles. The van der Waals surface area contributed by atoms with Crippen LogP contribution in [0.25, 0.3) is 0 Å². The highest BCUT2D eigenvalue weighted by Gasteiger charge is 2.59. The Balaban J connectivity index is 1.45. The lowest BCUT2D eigenvalue weighted by atomic mass is 9.56.